The first kappa shape index (κ1) is 19.7. The minimum absolute atomic E-state index is 0.0519. The zero-order chi connectivity index (χ0) is 19.9. The number of amides is 2. The highest BCUT2D eigenvalue weighted by molar-refractivity contribution is 5.95. The van der Waals surface area contributed by atoms with E-state index in [1.165, 1.54) is 14.2 Å². The van der Waals surface area contributed by atoms with E-state index in [0.717, 1.165) is 5.56 Å². The van der Waals surface area contributed by atoms with Crippen molar-refractivity contribution >= 4 is 17.5 Å². The Morgan fingerprint density at radius 1 is 1.14 bits per heavy atom. The predicted octanol–water partition coefficient (Wildman–Crippen LogP) is 2.46. The minimum atomic E-state index is -0.787. The van der Waals surface area contributed by atoms with Crippen LogP contribution in [0.5, 0.6) is 11.5 Å². The fourth-order valence-electron chi connectivity index (χ4n) is 3.06. The van der Waals surface area contributed by atoms with Crippen LogP contribution in [0.2, 0.25) is 0 Å². The first-order valence-electron chi connectivity index (χ1n) is 9.06. The zero-order valence-corrected chi connectivity index (χ0v) is 16.0. The molecule has 28 heavy (non-hydrogen) atoms. The van der Waals surface area contributed by atoms with Crippen LogP contribution in [0.3, 0.4) is 0 Å². The summed E-state index contributed by atoms with van der Waals surface area (Å²) in [5.41, 5.74) is 1.58. The summed E-state index contributed by atoms with van der Waals surface area (Å²) in [5, 5.41) is 2.77. The van der Waals surface area contributed by atoms with Crippen molar-refractivity contribution in [2.75, 3.05) is 32.7 Å². The van der Waals surface area contributed by atoms with Crippen LogP contribution in [0.25, 0.3) is 0 Å². The summed E-state index contributed by atoms with van der Waals surface area (Å²) in [7, 11) is 3.08. The summed E-state index contributed by atoms with van der Waals surface area (Å²) >= 11 is 0. The molecule has 2 aromatic carbocycles. The molecule has 7 nitrogen and oxygen atoms in total. The smallest absolute Gasteiger partial charge is 0.252 e. The van der Waals surface area contributed by atoms with Gasteiger partial charge in [0.15, 0.2) is 0 Å². The Hall–Kier alpha value is -3.06. The van der Waals surface area contributed by atoms with Crippen molar-refractivity contribution in [3.05, 3.63) is 54.1 Å². The van der Waals surface area contributed by atoms with Crippen LogP contribution in [0, 0.1) is 0 Å². The number of benzene rings is 2. The summed E-state index contributed by atoms with van der Waals surface area (Å²) in [5.74, 6) is 0.644. The molecule has 1 saturated heterocycles. The van der Waals surface area contributed by atoms with Crippen LogP contribution in [0.1, 0.15) is 12.0 Å². The number of nitrogens with zero attached hydrogens (tertiary/aromatic N) is 1. The molecule has 1 aliphatic rings. The maximum absolute atomic E-state index is 12.7. The number of nitrogens with one attached hydrogen (secondary N) is 1. The third-order valence-corrected chi connectivity index (χ3v) is 4.49. The number of methoxy groups -OCH3 is 2. The van der Waals surface area contributed by atoms with E-state index >= 15 is 0 Å². The maximum atomic E-state index is 12.7. The second-order valence-electron chi connectivity index (χ2n) is 6.46. The van der Waals surface area contributed by atoms with Crippen LogP contribution in [0.4, 0.5) is 5.69 Å². The van der Waals surface area contributed by atoms with E-state index in [2.05, 4.69) is 5.32 Å². The summed E-state index contributed by atoms with van der Waals surface area (Å²) in [6.45, 7) is 1.43. The zero-order valence-electron chi connectivity index (χ0n) is 16.0. The van der Waals surface area contributed by atoms with Gasteiger partial charge in [-0.2, -0.15) is 0 Å². The summed E-state index contributed by atoms with van der Waals surface area (Å²) in [6.07, 6.45) is -0.839. The van der Waals surface area contributed by atoms with Crippen molar-refractivity contribution in [2.45, 2.75) is 19.1 Å². The van der Waals surface area contributed by atoms with Gasteiger partial charge in [-0.05, 0) is 5.56 Å². The standard InChI is InChI=1S/C21H24N2O5/c1-26-17-10-16(11-18(12-17)27-2)22-20(24)13-19-21(25)23(8-9-28-19)14-15-6-4-3-5-7-15/h3-7,10-12,19H,8-9,13-14H2,1-2H3,(H,22,24)/t19-/m0/s1. The van der Waals surface area contributed by atoms with Gasteiger partial charge in [0, 0.05) is 37.0 Å². The third-order valence-electron chi connectivity index (χ3n) is 4.49. The number of hydrogen-bond acceptors (Lipinski definition) is 5. The predicted molar refractivity (Wildman–Crippen MR) is 104 cm³/mol. The Labute approximate surface area is 164 Å². The topological polar surface area (TPSA) is 77.1 Å². The summed E-state index contributed by atoms with van der Waals surface area (Å²) in [4.78, 5) is 26.9. The molecule has 1 atom stereocenters. The first-order valence-corrected chi connectivity index (χ1v) is 9.06. The van der Waals surface area contributed by atoms with Gasteiger partial charge in [0.05, 0.1) is 27.2 Å². The van der Waals surface area contributed by atoms with Crippen LogP contribution in [0.15, 0.2) is 48.5 Å². The number of carbonyl (C=O) groups is 2. The van der Waals surface area contributed by atoms with Gasteiger partial charge in [-0.3, -0.25) is 9.59 Å². The molecular formula is C21H24N2O5. The van der Waals surface area contributed by atoms with Crippen LogP contribution in [-0.4, -0.2) is 50.2 Å². The first-order chi connectivity index (χ1) is 13.6. The molecule has 2 amide bonds. The lowest BCUT2D eigenvalue weighted by Gasteiger charge is -2.32. The van der Waals surface area contributed by atoms with E-state index in [4.69, 9.17) is 14.2 Å². The second-order valence-corrected chi connectivity index (χ2v) is 6.46. The molecule has 0 aromatic heterocycles. The number of carbonyl (C=O) groups excluding carboxylic acids is 2. The molecule has 7 heteroatoms. The lowest BCUT2D eigenvalue weighted by molar-refractivity contribution is -0.155. The normalized spacial score (nSPS) is 16.6. The molecule has 1 aliphatic heterocycles. The van der Waals surface area contributed by atoms with Gasteiger partial charge >= 0.3 is 0 Å². The van der Waals surface area contributed by atoms with Crippen molar-refractivity contribution in [1.82, 2.24) is 4.90 Å². The summed E-state index contributed by atoms with van der Waals surface area (Å²) < 4.78 is 16.0. The monoisotopic (exact) mass is 384 g/mol. The fourth-order valence-corrected chi connectivity index (χ4v) is 3.06. The van der Waals surface area contributed by atoms with Crippen molar-refractivity contribution in [3.8, 4) is 11.5 Å². The SMILES string of the molecule is COc1cc(NC(=O)C[C@@H]2OCCN(Cc3ccccc3)C2=O)cc(OC)c1. The van der Waals surface area contributed by atoms with E-state index in [0.29, 0.717) is 36.9 Å². The molecule has 0 spiro atoms. The van der Waals surface area contributed by atoms with E-state index in [9.17, 15) is 9.59 Å². The van der Waals surface area contributed by atoms with Crippen LogP contribution >= 0.6 is 0 Å². The largest absolute Gasteiger partial charge is 0.497 e. The number of anilines is 1. The van der Waals surface area contributed by atoms with E-state index in [-0.39, 0.29) is 18.2 Å². The molecule has 0 unspecified atom stereocenters. The van der Waals surface area contributed by atoms with Crippen molar-refractivity contribution in [2.24, 2.45) is 0 Å². The summed E-state index contributed by atoms with van der Waals surface area (Å²) in [6, 6.07) is 14.8. The number of morpholine rings is 1. The van der Waals surface area contributed by atoms with Gasteiger partial charge in [-0.1, -0.05) is 30.3 Å². The van der Waals surface area contributed by atoms with Gasteiger partial charge in [0.25, 0.3) is 5.91 Å². The van der Waals surface area contributed by atoms with Gasteiger partial charge < -0.3 is 24.4 Å². The van der Waals surface area contributed by atoms with Crippen LogP contribution in [-0.2, 0) is 20.9 Å². The Kier molecular flexibility index (Phi) is 6.49. The molecule has 1 heterocycles. The fraction of sp³-hybridized carbons (Fsp3) is 0.333. The van der Waals surface area contributed by atoms with Gasteiger partial charge in [-0.25, -0.2) is 0 Å². The molecular weight excluding hydrogens is 360 g/mol. The second kappa shape index (κ2) is 9.23. The quantitative estimate of drug-likeness (QED) is 0.794. The minimum Gasteiger partial charge on any atom is -0.497 e. The van der Waals surface area contributed by atoms with Gasteiger partial charge in [-0.15, -0.1) is 0 Å². The number of hydrogen-bond donors (Lipinski definition) is 1. The highest BCUT2D eigenvalue weighted by Crippen LogP contribution is 2.26. The molecule has 3 rings (SSSR count). The average Bonchev–Trinajstić information content (AvgIpc) is 2.71. The van der Waals surface area contributed by atoms with Crippen molar-refractivity contribution in [3.63, 3.8) is 0 Å². The molecule has 148 valence electrons. The maximum Gasteiger partial charge on any atom is 0.252 e. The molecule has 1 fully saturated rings. The Bertz CT molecular complexity index is 803. The Balaban J connectivity index is 1.61. The average molecular weight is 384 g/mol. The molecule has 0 bridgehead atoms. The highest BCUT2D eigenvalue weighted by atomic mass is 16.5. The molecule has 1 N–H and O–H groups in total. The van der Waals surface area contributed by atoms with E-state index in [1.807, 2.05) is 30.3 Å². The van der Waals surface area contributed by atoms with E-state index < -0.39 is 6.10 Å². The lowest BCUT2D eigenvalue weighted by Crippen LogP contribution is -2.48. The van der Waals surface area contributed by atoms with Crippen LogP contribution < -0.4 is 14.8 Å². The lowest BCUT2D eigenvalue weighted by atomic mass is 10.1. The Morgan fingerprint density at radius 2 is 1.82 bits per heavy atom. The van der Waals surface area contributed by atoms with Crippen molar-refractivity contribution < 1.29 is 23.8 Å². The highest BCUT2D eigenvalue weighted by Gasteiger charge is 2.31. The molecule has 0 saturated carbocycles. The van der Waals surface area contributed by atoms with Gasteiger partial charge in [0.1, 0.15) is 17.6 Å². The van der Waals surface area contributed by atoms with Crippen molar-refractivity contribution in [1.29, 1.82) is 0 Å². The van der Waals surface area contributed by atoms with E-state index in [1.54, 1.807) is 23.1 Å². The molecule has 2 aromatic rings. The number of ether oxygens (including phenoxy) is 3. The Morgan fingerprint density at radius 3 is 2.46 bits per heavy atom. The number of rotatable bonds is 7. The third kappa shape index (κ3) is 5.01. The molecule has 0 radical (unpaired) electrons. The van der Waals surface area contributed by atoms with Gasteiger partial charge in [0.2, 0.25) is 5.91 Å². The molecule has 0 aliphatic carbocycles.